The Morgan fingerprint density at radius 1 is 1.33 bits per heavy atom. The molecule has 0 fully saturated rings. The number of benzene rings is 1. The highest BCUT2D eigenvalue weighted by Crippen LogP contribution is 2.26. The highest BCUT2D eigenvalue weighted by atomic mass is 35.5. The number of carbonyl (C=O) groups excluding carboxylic acids is 1. The number of nitrogens with one attached hydrogen (secondary N) is 1. The smallest absolute Gasteiger partial charge is 0.220 e. The van der Waals surface area contributed by atoms with Crippen LogP contribution in [0, 0.1) is 0 Å². The van der Waals surface area contributed by atoms with Crippen LogP contribution in [0.15, 0.2) is 18.2 Å². The first-order chi connectivity index (χ1) is 9.95. The summed E-state index contributed by atoms with van der Waals surface area (Å²) >= 11 is 12.1. The summed E-state index contributed by atoms with van der Waals surface area (Å²) in [5.74, 6) is 0.0471. The van der Waals surface area contributed by atoms with Crippen LogP contribution in [0.25, 0.3) is 0 Å². The van der Waals surface area contributed by atoms with E-state index in [1.807, 2.05) is 12.1 Å². The summed E-state index contributed by atoms with van der Waals surface area (Å²) in [7, 11) is 0. The van der Waals surface area contributed by atoms with Crippen molar-refractivity contribution in [3.8, 4) is 0 Å². The normalized spacial score (nSPS) is 11.2. The molecule has 0 unspecified atom stereocenters. The van der Waals surface area contributed by atoms with Crippen molar-refractivity contribution in [1.82, 2.24) is 10.2 Å². The number of nitrogens with zero attached hydrogens (tertiary/aromatic N) is 1. The highest BCUT2D eigenvalue weighted by Gasteiger charge is 2.09. The van der Waals surface area contributed by atoms with Gasteiger partial charge in [0.25, 0.3) is 0 Å². The average Bonchev–Trinajstić information content (AvgIpc) is 2.44. The fourth-order valence-corrected chi connectivity index (χ4v) is 2.61. The van der Waals surface area contributed by atoms with Gasteiger partial charge in [0.05, 0.1) is 10.0 Å². The Bertz CT molecular complexity index is 464. The van der Waals surface area contributed by atoms with Gasteiger partial charge in [-0.2, -0.15) is 0 Å². The van der Waals surface area contributed by atoms with Crippen molar-refractivity contribution in [2.45, 2.75) is 39.7 Å². The first-order valence-corrected chi connectivity index (χ1v) is 8.15. The molecule has 0 aliphatic rings. The second-order valence-corrected chi connectivity index (χ2v) is 6.07. The predicted octanol–water partition coefficient (Wildman–Crippen LogP) is 3.77. The Morgan fingerprint density at radius 3 is 2.67 bits per heavy atom. The average molecular weight is 331 g/mol. The maximum Gasteiger partial charge on any atom is 0.220 e. The Hall–Kier alpha value is -0.770. The Balaban J connectivity index is 2.33. The van der Waals surface area contributed by atoms with Gasteiger partial charge in [0.1, 0.15) is 0 Å². The second-order valence-electron chi connectivity index (χ2n) is 5.29. The maximum atomic E-state index is 11.8. The molecule has 1 aromatic rings. The van der Waals surface area contributed by atoms with Gasteiger partial charge in [-0.15, -0.1) is 0 Å². The molecule has 0 heterocycles. The van der Waals surface area contributed by atoms with Crippen molar-refractivity contribution < 1.29 is 4.79 Å². The van der Waals surface area contributed by atoms with Gasteiger partial charge in [-0.3, -0.25) is 9.69 Å². The molecule has 0 aliphatic heterocycles. The van der Waals surface area contributed by atoms with E-state index in [1.165, 1.54) is 0 Å². The third-order valence-corrected chi connectivity index (χ3v) is 4.37. The Kier molecular flexibility index (Phi) is 8.09. The molecule has 0 aliphatic carbocycles. The lowest BCUT2D eigenvalue weighted by Gasteiger charge is -2.24. The Labute approximate surface area is 137 Å². The van der Waals surface area contributed by atoms with Crippen molar-refractivity contribution in [2.75, 3.05) is 19.6 Å². The molecule has 0 bridgehead atoms. The molecule has 0 aromatic heterocycles. The van der Waals surface area contributed by atoms with Gasteiger partial charge in [-0.25, -0.2) is 0 Å². The third-order valence-electron chi connectivity index (χ3n) is 3.51. The van der Waals surface area contributed by atoms with E-state index in [1.54, 1.807) is 6.07 Å². The molecule has 3 nitrogen and oxygen atoms in total. The Morgan fingerprint density at radius 2 is 2.05 bits per heavy atom. The van der Waals surface area contributed by atoms with Crippen molar-refractivity contribution in [1.29, 1.82) is 0 Å². The van der Waals surface area contributed by atoms with Crippen LogP contribution in [-0.4, -0.2) is 36.5 Å². The summed E-state index contributed by atoms with van der Waals surface area (Å²) in [5, 5.41) is 4.03. The highest BCUT2D eigenvalue weighted by molar-refractivity contribution is 6.42. The van der Waals surface area contributed by atoms with Crippen LogP contribution in [0.2, 0.25) is 10.0 Å². The van der Waals surface area contributed by atoms with Crippen molar-refractivity contribution in [3.05, 3.63) is 33.8 Å². The molecule has 5 heteroatoms. The first kappa shape index (κ1) is 18.3. The van der Waals surface area contributed by atoms with Gasteiger partial charge in [-0.05, 0) is 38.4 Å². The monoisotopic (exact) mass is 330 g/mol. The minimum Gasteiger partial charge on any atom is -0.355 e. The zero-order valence-corrected chi connectivity index (χ0v) is 14.5. The molecule has 1 N–H and O–H groups in total. The number of halogens is 2. The van der Waals surface area contributed by atoms with Crippen LogP contribution in [0.1, 0.15) is 32.8 Å². The molecule has 1 aromatic carbocycles. The SMILES string of the molecule is CCN(CCNC(=O)CCc1cccc(Cl)c1Cl)C(C)C. The maximum absolute atomic E-state index is 11.8. The quantitative estimate of drug-likeness (QED) is 0.786. The standard InChI is InChI=1S/C16H24Cl2N2O/c1-4-20(12(2)3)11-10-19-15(21)9-8-13-6-5-7-14(17)16(13)18/h5-7,12H,4,8-11H2,1-3H3,(H,19,21). The molecule has 1 rings (SSSR count). The van der Waals surface area contributed by atoms with E-state index in [9.17, 15) is 4.79 Å². The number of aryl methyl sites for hydroxylation is 1. The topological polar surface area (TPSA) is 32.3 Å². The lowest BCUT2D eigenvalue weighted by Crippen LogP contribution is -2.38. The van der Waals surface area contributed by atoms with Crippen LogP contribution >= 0.6 is 23.2 Å². The molecular weight excluding hydrogens is 307 g/mol. The van der Waals surface area contributed by atoms with Gasteiger partial charge in [0.15, 0.2) is 0 Å². The van der Waals surface area contributed by atoms with Gasteiger partial charge in [0.2, 0.25) is 5.91 Å². The van der Waals surface area contributed by atoms with Crippen LogP contribution in [0.4, 0.5) is 0 Å². The van der Waals surface area contributed by atoms with Crippen molar-refractivity contribution >= 4 is 29.1 Å². The van der Waals surface area contributed by atoms with E-state index >= 15 is 0 Å². The summed E-state index contributed by atoms with van der Waals surface area (Å²) in [4.78, 5) is 14.2. The second kappa shape index (κ2) is 9.29. The number of rotatable bonds is 8. The number of hydrogen-bond donors (Lipinski definition) is 1. The summed E-state index contributed by atoms with van der Waals surface area (Å²) in [6, 6.07) is 6.00. The van der Waals surface area contributed by atoms with Crippen LogP contribution in [0.5, 0.6) is 0 Å². The minimum atomic E-state index is 0.0471. The van der Waals surface area contributed by atoms with E-state index in [4.69, 9.17) is 23.2 Å². The van der Waals surface area contributed by atoms with Gasteiger partial charge >= 0.3 is 0 Å². The molecule has 21 heavy (non-hydrogen) atoms. The molecular formula is C16H24Cl2N2O. The third kappa shape index (κ3) is 6.25. The lowest BCUT2D eigenvalue weighted by molar-refractivity contribution is -0.121. The molecule has 0 atom stereocenters. The molecule has 1 amide bonds. The first-order valence-electron chi connectivity index (χ1n) is 7.39. The van der Waals surface area contributed by atoms with Crippen molar-refractivity contribution in [3.63, 3.8) is 0 Å². The summed E-state index contributed by atoms with van der Waals surface area (Å²) in [6.45, 7) is 8.99. The molecule has 118 valence electrons. The fourth-order valence-electron chi connectivity index (χ4n) is 2.20. The lowest BCUT2D eigenvalue weighted by atomic mass is 10.1. The van der Waals surface area contributed by atoms with E-state index in [0.717, 1.165) is 18.7 Å². The van der Waals surface area contributed by atoms with E-state index in [2.05, 4.69) is 31.0 Å². The number of likely N-dealkylation sites (N-methyl/N-ethyl adjacent to an activating group) is 1. The van der Waals surface area contributed by atoms with E-state index in [-0.39, 0.29) is 5.91 Å². The molecule has 0 saturated carbocycles. The predicted molar refractivity (Wildman–Crippen MR) is 90.2 cm³/mol. The number of hydrogen-bond acceptors (Lipinski definition) is 2. The van der Waals surface area contributed by atoms with Gasteiger partial charge in [0, 0.05) is 25.6 Å². The van der Waals surface area contributed by atoms with Crippen LogP contribution < -0.4 is 5.32 Å². The van der Waals surface area contributed by atoms with Gasteiger partial charge in [-0.1, -0.05) is 42.3 Å². The van der Waals surface area contributed by atoms with E-state index in [0.29, 0.717) is 35.5 Å². The zero-order chi connectivity index (χ0) is 15.8. The number of carbonyl (C=O) groups is 1. The molecule has 0 spiro atoms. The van der Waals surface area contributed by atoms with Crippen LogP contribution in [-0.2, 0) is 11.2 Å². The fraction of sp³-hybridized carbons (Fsp3) is 0.562. The van der Waals surface area contributed by atoms with Crippen LogP contribution in [0.3, 0.4) is 0 Å². The largest absolute Gasteiger partial charge is 0.355 e. The van der Waals surface area contributed by atoms with E-state index < -0.39 is 0 Å². The molecule has 0 radical (unpaired) electrons. The summed E-state index contributed by atoms with van der Waals surface area (Å²) < 4.78 is 0. The minimum absolute atomic E-state index is 0.0471. The number of amides is 1. The summed E-state index contributed by atoms with van der Waals surface area (Å²) in [5.41, 5.74) is 0.914. The molecule has 0 saturated heterocycles. The summed E-state index contributed by atoms with van der Waals surface area (Å²) in [6.07, 6.45) is 1.03. The zero-order valence-electron chi connectivity index (χ0n) is 13.0. The van der Waals surface area contributed by atoms with Gasteiger partial charge < -0.3 is 5.32 Å². The van der Waals surface area contributed by atoms with Crippen molar-refractivity contribution in [2.24, 2.45) is 0 Å².